The zero-order valence-corrected chi connectivity index (χ0v) is 14.0. The highest BCUT2D eigenvalue weighted by Gasteiger charge is 2.30. The number of rotatable bonds is 2. The van der Waals surface area contributed by atoms with Crippen LogP contribution in [0, 0.1) is 0 Å². The molecule has 2 N–H and O–H groups in total. The second kappa shape index (κ2) is 5.24. The van der Waals surface area contributed by atoms with Gasteiger partial charge in [-0.15, -0.1) is 10.2 Å². The number of aromatic nitrogens is 3. The van der Waals surface area contributed by atoms with Crippen LogP contribution in [-0.2, 0) is 15.6 Å². The highest BCUT2D eigenvalue weighted by molar-refractivity contribution is 7.89. The van der Waals surface area contributed by atoms with E-state index in [1.54, 1.807) is 39.0 Å². The molecule has 0 aliphatic rings. The van der Waals surface area contributed by atoms with Crippen molar-refractivity contribution in [3.63, 3.8) is 0 Å². The van der Waals surface area contributed by atoms with Crippen LogP contribution in [-0.4, -0.2) is 23.2 Å². The maximum Gasteiger partial charge on any atom is 0.273 e. The predicted molar refractivity (Wildman–Crippen MR) is 81.8 cm³/mol. The first-order chi connectivity index (χ1) is 9.53. The second-order valence-electron chi connectivity index (χ2n) is 5.45. The SMILES string of the molecule is CC(C)(C)n1c(-c2c(Cl)cccc2Cl)nnc1S(N)(=O)=O. The number of hydrogen-bond acceptors (Lipinski definition) is 4. The molecule has 0 spiro atoms. The van der Waals surface area contributed by atoms with Gasteiger partial charge in [-0.1, -0.05) is 29.3 Å². The Kier molecular flexibility index (Phi) is 4.05. The smallest absolute Gasteiger partial charge is 0.273 e. The van der Waals surface area contributed by atoms with Crippen LogP contribution >= 0.6 is 23.2 Å². The lowest BCUT2D eigenvalue weighted by Gasteiger charge is -2.24. The topological polar surface area (TPSA) is 90.9 Å². The van der Waals surface area contributed by atoms with E-state index in [9.17, 15) is 8.42 Å². The fraction of sp³-hybridized carbons (Fsp3) is 0.333. The molecule has 114 valence electrons. The van der Waals surface area contributed by atoms with E-state index in [-0.39, 0.29) is 11.0 Å². The Labute approximate surface area is 132 Å². The molecule has 0 unspecified atom stereocenters. The Bertz CT molecular complexity index is 774. The van der Waals surface area contributed by atoms with E-state index in [1.807, 2.05) is 0 Å². The molecule has 0 amide bonds. The maximum atomic E-state index is 11.7. The summed E-state index contributed by atoms with van der Waals surface area (Å²) in [7, 11) is -4.03. The van der Waals surface area contributed by atoms with E-state index >= 15 is 0 Å². The average molecular weight is 349 g/mol. The van der Waals surface area contributed by atoms with E-state index in [0.717, 1.165) is 0 Å². The van der Waals surface area contributed by atoms with Crippen molar-refractivity contribution in [1.29, 1.82) is 0 Å². The molecule has 0 atom stereocenters. The number of nitrogens with zero attached hydrogens (tertiary/aromatic N) is 3. The summed E-state index contributed by atoms with van der Waals surface area (Å²) in [6, 6.07) is 4.97. The summed E-state index contributed by atoms with van der Waals surface area (Å²) in [6.07, 6.45) is 0. The minimum absolute atomic E-state index is 0.252. The van der Waals surface area contributed by atoms with Gasteiger partial charge in [0.2, 0.25) is 0 Å². The standard InChI is InChI=1S/C12H14Cl2N4O2S/c1-12(2,3)18-10(16-17-11(18)21(15,19)20)9-7(13)5-4-6-8(9)14/h4-6H,1-3H3,(H2,15,19,20). The van der Waals surface area contributed by atoms with Gasteiger partial charge in [-0.05, 0) is 32.9 Å². The first kappa shape index (κ1) is 16.2. The lowest BCUT2D eigenvalue weighted by atomic mass is 10.1. The summed E-state index contributed by atoms with van der Waals surface area (Å²) in [6.45, 7) is 5.41. The molecule has 0 bridgehead atoms. The van der Waals surface area contributed by atoms with E-state index in [0.29, 0.717) is 15.6 Å². The molecular weight excluding hydrogens is 335 g/mol. The molecule has 1 aromatic carbocycles. The minimum atomic E-state index is -4.03. The number of nitrogens with two attached hydrogens (primary N) is 1. The van der Waals surface area contributed by atoms with Crippen LogP contribution in [0.25, 0.3) is 11.4 Å². The molecule has 1 aromatic heterocycles. The Hall–Kier alpha value is -1.15. The van der Waals surface area contributed by atoms with Gasteiger partial charge in [0.25, 0.3) is 15.2 Å². The summed E-state index contributed by atoms with van der Waals surface area (Å²) in [4.78, 5) is 0. The van der Waals surface area contributed by atoms with E-state index in [4.69, 9.17) is 28.3 Å². The highest BCUT2D eigenvalue weighted by atomic mass is 35.5. The van der Waals surface area contributed by atoms with Crippen LogP contribution < -0.4 is 5.14 Å². The van der Waals surface area contributed by atoms with Gasteiger partial charge >= 0.3 is 0 Å². The maximum absolute atomic E-state index is 11.7. The molecule has 0 fully saturated rings. The van der Waals surface area contributed by atoms with Crippen molar-refractivity contribution in [2.24, 2.45) is 5.14 Å². The third-order valence-electron chi connectivity index (χ3n) is 2.75. The van der Waals surface area contributed by atoms with Crippen LogP contribution in [0.2, 0.25) is 10.0 Å². The van der Waals surface area contributed by atoms with Crippen molar-refractivity contribution in [2.75, 3.05) is 0 Å². The number of sulfonamides is 1. The third-order valence-corrected chi connectivity index (χ3v) is 4.15. The van der Waals surface area contributed by atoms with Gasteiger partial charge in [0.05, 0.1) is 15.6 Å². The lowest BCUT2D eigenvalue weighted by Crippen LogP contribution is -2.29. The van der Waals surface area contributed by atoms with Crippen LogP contribution in [0.1, 0.15) is 20.8 Å². The molecule has 2 aromatic rings. The highest BCUT2D eigenvalue weighted by Crippen LogP contribution is 2.36. The predicted octanol–water partition coefficient (Wildman–Crippen LogP) is 2.65. The van der Waals surface area contributed by atoms with Crippen molar-refractivity contribution in [3.05, 3.63) is 28.2 Å². The molecule has 9 heteroatoms. The van der Waals surface area contributed by atoms with Gasteiger partial charge in [-0.3, -0.25) is 4.57 Å². The second-order valence-corrected chi connectivity index (χ2v) is 7.72. The van der Waals surface area contributed by atoms with Gasteiger partial charge in [-0.25, -0.2) is 13.6 Å². The van der Waals surface area contributed by atoms with Crippen molar-refractivity contribution in [1.82, 2.24) is 14.8 Å². The Morgan fingerprint density at radius 3 is 2.10 bits per heavy atom. The Morgan fingerprint density at radius 1 is 1.14 bits per heavy atom. The van der Waals surface area contributed by atoms with Crippen LogP contribution in [0.3, 0.4) is 0 Å². The average Bonchev–Trinajstić information content (AvgIpc) is 2.72. The first-order valence-electron chi connectivity index (χ1n) is 5.96. The summed E-state index contributed by atoms with van der Waals surface area (Å²) < 4.78 is 24.8. The fourth-order valence-electron chi connectivity index (χ4n) is 1.93. The lowest BCUT2D eigenvalue weighted by molar-refractivity contribution is 0.366. The molecule has 0 aliphatic carbocycles. The van der Waals surface area contributed by atoms with Gasteiger partial charge in [0, 0.05) is 5.54 Å². The monoisotopic (exact) mass is 348 g/mol. The van der Waals surface area contributed by atoms with Gasteiger partial charge < -0.3 is 0 Å². The van der Waals surface area contributed by atoms with Crippen molar-refractivity contribution in [2.45, 2.75) is 31.5 Å². The number of hydrogen-bond donors (Lipinski definition) is 1. The van der Waals surface area contributed by atoms with Gasteiger partial charge in [-0.2, -0.15) is 0 Å². The largest absolute Gasteiger partial charge is 0.291 e. The summed E-state index contributed by atoms with van der Waals surface area (Å²) in [5, 5.41) is 13.2. The summed E-state index contributed by atoms with van der Waals surface area (Å²) >= 11 is 12.3. The van der Waals surface area contributed by atoms with Crippen molar-refractivity contribution >= 4 is 33.2 Å². The van der Waals surface area contributed by atoms with Crippen LogP contribution in [0.15, 0.2) is 23.4 Å². The fourth-order valence-corrected chi connectivity index (χ4v) is 3.27. The van der Waals surface area contributed by atoms with Crippen molar-refractivity contribution in [3.8, 4) is 11.4 Å². The molecule has 0 saturated heterocycles. The summed E-state index contributed by atoms with van der Waals surface area (Å²) in [5.41, 5.74) is -0.221. The quantitative estimate of drug-likeness (QED) is 0.902. The van der Waals surface area contributed by atoms with E-state index < -0.39 is 15.6 Å². The molecule has 0 radical (unpaired) electrons. The summed E-state index contributed by atoms with van der Waals surface area (Å²) in [5.74, 6) is 0.252. The molecule has 6 nitrogen and oxygen atoms in total. The van der Waals surface area contributed by atoms with Crippen LogP contribution in [0.5, 0.6) is 0 Å². The molecule has 1 heterocycles. The molecular formula is C12H14Cl2N4O2S. The molecule has 0 saturated carbocycles. The molecule has 2 rings (SSSR count). The van der Waals surface area contributed by atoms with E-state index in [1.165, 1.54) is 4.57 Å². The van der Waals surface area contributed by atoms with Crippen LogP contribution in [0.4, 0.5) is 0 Å². The van der Waals surface area contributed by atoms with Gasteiger partial charge in [0.1, 0.15) is 0 Å². The van der Waals surface area contributed by atoms with Crippen molar-refractivity contribution < 1.29 is 8.42 Å². The van der Waals surface area contributed by atoms with E-state index in [2.05, 4.69) is 10.2 Å². The zero-order chi connectivity index (χ0) is 16.0. The number of primary sulfonamides is 1. The zero-order valence-electron chi connectivity index (χ0n) is 11.6. The number of benzene rings is 1. The third kappa shape index (κ3) is 3.06. The number of halogens is 2. The molecule has 0 aliphatic heterocycles. The minimum Gasteiger partial charge on any atom is -0.291 e. The Morgan fingerprint density at radius 2 is 1.67 bits per heavy atom. The van der Waals surface area contributed by atoms with Gasteiger partial charge in [0.15, 0.2) is 5.82 Å². The normalized spacial score (nSPS) is 12.7. The molecule has 21 heavy (non-hydrogen) atoms. The Balaban J connectivity index is 2.87. The first-order valence-corrected chi connectivity index (χ1v) is 8.27.